The number of aliphatic hydroxyl groups is 1. The number of esters is 3. The average Bonchev–Trinajstić information content (AvgIpc) is 3.41. The van der Waals surface area contributed by atoms with Gasteiger partial charge in [0.1, 0.15) is 30.0 Å². The van der Waals surface area contributed by atoms with Crippen LogP contribution in [-0.2, 0) is 56.2 Å². The number of carbonyl (C=O) groups is 5. The number of amides is 1. The van der Waals surface area contributed by atoms with Crippen LogP contribution >= 0.6 is 0 Å². The smallest absolute Gasteiger partial charge is 0.337 e. The Morgan fingerprint density at radius 1 is 0.816 bits per heavy atom. The van der Waals surface area contributed by atoms with Gasteiger partial charge in [-0.1, -0.05) is 119 Å². The molecule has 2 aliphatic heterocycles. The van der Waals surface area contributed by atoms with E-state index in [2.05, 4.69) is 67.6 Å². The first-order valence-electron chi connectivity index (χ1n) is 28.8. The van der Waals surface area contributed by atoms with E-state index in [-0.39, 0.29) is 49.0 Å². The first-order chi connectivity index (χ1) is 35.6. The third kappa shape index (κ3) is 11.5. The van der Waals surface area contributed by atoms with Gasteiger partial charge in [0.05, 0.1) is 30.1 Å². The zero-order chi connectivity index (χ0) is 56.5. The molecule has 2 heterocycles. The first kappa shape index (κ1) is 61.9. The first-order valence-corrected chi connectivity index (χ1v) is 36.7. The summed E-state index contributed by atoms with van der Waals surface area (Å²) in [7, 11) is -8.20. The molecular weight excluding hydrogens is 1010 g/mol. The highest BCUT2D eigenvalue weighted by Gasteiger charge is 2.79. The molecule has 1 aromatic carbocycles. The highest BCUT2D eigenvalue weighted by molar-refractivity contribution is 6.74. The van der Waals surface area contributed by atoms with E-state index < -0.39 is 113 Å². The molecule has 6 rings (SSSR count). The third-order valence-electron chi connectivity index (χ3n) is 19.7. The van der Waals surface area contributed by atoms with E-state index in [1.165, 1.54) is 6.92 Å². The molecular formula is C59H95NO13Si3. The molecule has 17 heteroatoms. The van der Waals surface area contributed by atoms with Crippen molar-refractivity contribution in [2.75, 3.05) is 6.61 Å². The number of hydrogen-bond donors (Lipinski definition) is 2. The van der Waals surface area contributed by atoms with Gasteiger partial charge in [-0.2, -0.15) is 0 Å². The lowest BCUT2D eigenvalue weighted by Crippen LogP contribution is -2.82. The molecule has 3 aliphatic carbocycles. The number of carbonyl (C=O) groups excluding carboxylic acids is 5. The third-order valence-corrected chi connectivity index (χ3v) is 33.4. The van der Waals surface area contributed by atoms with Crippen molar-refractivity contribution in [2.45, 2.75) is 257 Å². The zero-order valence-electron chi connectivity index (χ0n) is 49.1. The molecule has 0 spiro atoms. The van der Waals surface area contributed by atoms with Crippen LogP contribution in [0.3, 0.4) is 0 Å². The molecule has 5 aliphatic rings. The van der Waals surface area contributed by atoms with Crippen molar-refractivity contribution >= 4 is 54.6 Å². The van der Waals surface area contributed by atoms with Gasteiger partial charge in [0, 0.05) is 38.0 Å². The van der Waals surface area contributed by atoms with Crippen molar-refractivity contribution in [2.24, 2.45) is 16.7 Å². The summed E-state index contributed by atoms with van der Waals surface area (Å²) in [5.41, 5.74) is -5.09. The molecule has 76 heavy (non-hydrogen) atoms. The number of ketones is 1. The largest absolute Gasteiger partial charge is 0.459 e. The summed E-state index contributed by atoms with van der Waals surface area (Å²) in [5, 5.41) is 17.5. The van der Waals surface area contributed by atoms with E-state index in [1.54, 1.807) is 0 Å². The van der Waals surface area contributed by atoms with Crippen molar-refractivity contribution in [1.82, 2.24) is 5.32 Å². The Labute approximate surface area is 458 Å². The van der Waals surface area contributed by atoms with Gasteiger partial charge in [0.2, 0.25) is 5.91 Å². The van der Waals surface area contributed by atoms with Crippen molar-refractivity contribution in [3.8, 4) is 0 Å². The van der Waals surface area contributed by atoms with Gasteiger partial charge in [-0.3, -0.25) is 19.2 Å². The molecule has 3 bridgehead atoms. The van der Waals surface area contributed by atoms with Crippen molar-refractivity contribution < 1.29 is 61.3 Å². The minimum atomic E-state index is -2.85. The van der Waals surface area contributed by atoms with Crippen LogP contribution in [0.2, 0.25) is 54.4 Å². The van der Waals surface area contributed by atoms with Crippen LogP contribution in [0.25, 0.3) is 0 Å². The fourth-order valence-corrected chi connectivity index (χ4v) is 20.1. The van der Waals surface area contributed by atoms with Gasteiger partial charge >= 0.3 is 17.9 Å². The second-order valence-corrected chi connectivity index (χ2v) is 39.2. The van der Waals surface area contributed by atoms with Crippen LogP contribution in [0.1, 0.15) is 160 Å². The monoisotopic (exact) mass is 1110 g/mol. The van der Waals surface area contributed by atoms with Gasteiger partial charge in [0.25, 0.3) is 0 Å². The highest BCUT2D eigenvalue weighted by Crippen LogP contribution is 2.65. The normalized spacial score (nSPS) is 33.5. The highest BCUT2D eigenvalue weighted by atomic mass is 28.4. The predicted octanol–water partition coefficient (Wildman–Crippen LogP) is 11.5. The van der Waals surface area contributed by atoms with Crippen LogP contribution in [0, 0.1) is 16.7 Å². The van der Waals surface area contributed by atoms with E-state index in [0.717, 1.165) is 18.1 Å². The Hall–Kier alpha value is -3.30. The topological polar surface area (TPSA) is 182 Å². The van der Waals surface area contributed by atoms with Gasteiger partial charge in [-0.15, -0.1) is 0 Å². The van der Waals surface area contributed by atoms with Gasteiger partial charge in [0.15, 0.2) is 42.4 Å². The quantitative estimate of drug-likeness (QED) is 0.0778. The minimum Gasteiger partial charge on any atom is -0.459 e. The van der Waals surface area contributed by atoms with Crippen LogP contribution in [0.5, 0.6) is 0 Å². The van der Waals surface area contributed by atoms with E-state index in [1.807, 2.05) is 83.3 Å². The van der Waals surface area contributed by atoms with E-state index in [9.17, 15) is 19.5 Å². The lowest BCUT2D eigenvalue weighted by Gasteiger charge is -2.68. The van der Waals surface area contributed by atoms with Gasteiger partial charge < -0.3 is 42.6 Å². The summed E-state index contributed by atoms with van der Waals surface area (Å²) < 4.78 is 49.2. The summed E-state index contributed by atoms with van der Waals surface area (Å²) in [6.45, 7) is 31.7. The number of ether oxygens (including phenoxy) is 4. The summed E-state index contributed by atoms with van der Waals surface area (Å²) >= 11 is 0. The number of rotatable bonds is 14. The molecule has 3 fully saturated rings. The fraction of sp³-hybridized carbons (Fsp3) is 0.746. The van der Waals surface area contributed by atoms with Crippen LogP contribution in [0.4, 0.5) is 0 Å². The summed E-state index contributed by atoms with van der Waals surface area (Å²) in [6, 6.07) is 12.7. The molecule has 1 amide bonds. The minimum absolute atomic E-state index is 0.0219. The predicted molar refractivity (Wildman–Crippen MR) is 302 cm³/mol. The molecule has 0 unspecified atom stereocenters. The lowest BCUT2D eigenvalue weighted by molar-refractivity contribution is -0.346. The molecule has 2 saturated carbocycles. The second-order valence-electron chi connectivity index (χ2n) is 25.0. The van der Waals surface area contributed by atoms with Crippen molar-refractivity contribution in [3.05, 3.63) is 59.2 Å². The summed E-state index contributed by atoms with van der Waals surface area (Å²) in [5.74, 6) is -3.78. The maximum Gasteiger partial charge on any atom is 0.337 e. The van der Waals surface area contributed by atoms with Crippen LogP contribution in [0.15, 0.2) is 53.6 Å². The van der Waals surface area contributed by atoms with Crippen LogP contribution < -0.4 is 5.32 Å². The number of Topliss-reactive ketones (excluding diaryl/α,β-unsaturated/α-hetero) is 1. The second kappa shape index (κ2) is 23.8. The number of fused-ring (bicyclic) bond motifs is 6. The number of benzene rings is 1. The molecule has 426 valence electrons. The Bertz CT molecular complexity index is 2310. The van der Waals surface area contributed by atoms with Crippen LogP contribution in [-0.4, -0.2) is 114 Å². The maximum atomic E-state index is 17.2. The molecule has 2 N–H and O–H groups in total. The number of nitrogens with one attached hydrogen (secondary N) is 1. The molecule has 0 radical (unpaired) electrons. The lowest BCUT2D eigenvalue weighted by atomic mass is 9.44. The Kier molecular flexibility index (Phi) is 19.4. The fourth-order valence-electron chi connectivity index (χ4n) is 13.2. The molecule has 1 saturated heterocycles. The average molecular weight is 1110 g/mol. The molecule has 11 atom stereocenters. The molecule has 0 aromatic heterocycles. The maximum absolute atomic E-state index is 17.2. The Morgan fingerprint density at radius 2 is 1.38 bits per heavy atom. The van der Waals surface area contributed by atoms with E-state index >= 15 is 9.59 Å². The summed E-state index contributed by atoms with van der Waals surface area (Å²) in [6.07, 6.45) is -0.785. The van der Waals surface area contributed by atoms with Gasteiger partial charge in [-0.05, 0) is 111 Å². The Balaban J connectivity index is 1.72. The SMILES string of the molecule is CC[Si](CC)(CC)O[C@H]1C(=O)[C@]2(C)[C@@H](O[Si](CC)(CC)CC)C[C@H]3OC[C@@]3(OC(C)=O)[C@H]2[C@@H]2OC(=O)CCC/C=C\CCCC(=O)N[C@@H](c3ccccc3)[C@@H](O[Si](C)(C)C(C)(C)C)C(=O)O[C@H]3C[C@]2(O)C(C)(C)C1=C3C. The Morgan fingerprint density at radius 3 is 1.91 bits per heavy atom. The van der Waals surface area contributed by atoms with E-state index in [4.69, 9.17) is 32.2 Å². The standard InChI is InChI=1S/C59H95NO13Si3/c1-17-75(18-2,19-3)71-43-36-44-58(38-67-44,70-40(8)61)51-53-59(66)37-42(39(7)47(56(59,12)13)49(52(64)57(43,51)14)73-76(20-4,21-5)22-6)68-54(65)50(72-74(15,16)55(9,10)11)48(41-32-28-27-29-33-41)60-45(62)34-30-25-23-24-26-31-35-46(63)69-53/h23-24,27-29,32-33,42-44,48-51,53,66H,17-22,25-26,30-31,34-38H2,1-16H3,(H,60,62)/b24-23-/t42-,43-,44+,48-,49+,50+,51-,53-,57+,58-,59+/m0/s1. The van der Waals surface area contributed by atoms with Crippen molar-refractivity contribution in [1.29, 1.82) is 0 Å². The number of allylic oxidation sites excluding steroid dienone is 2. The van der Waals surface area contributed by atoms with Gasteiger partial charge in [-0.25, -0.2) is 4.79 Å². The molecule has 1 aromatic rings. The number of hydrogen-bond acceptors (Lipinski definition) is 13. The summed E-state index contributed by atoms with van der Waals surface area (Å²) in [4.78, 5) is 75.6. The van der Waals surface area contributed by atoms with Crippen molar-refractivity contribution in [3.63, 3.8) is 0 Å². The molecule has 14 nitrogen and oxygen atoms in total. The zero-order valence-corrected chi connectivity index (χ0v) is 52.1. The van der Waals surface area contributed by atoms with E-state index in [0.29, 0.717) is 60.5 Å².